The van der Waals surface area contributed by atoms with Gasteiger partial charge in [0.25, 0.3) is 10.0 Å². The number of anilines is 2. The quantitative estimate of drug-likeness (QED) is 0.534. The summed E-state index contributed by atoms with van der Waals surface area (Å²) >= 11 is 0. The summed E-state index contributed by atoms with van der Waals surface area (Å²) in [6.07, 6.45) is -1.35. The number of fused-ring (bicyclic) bond motifs is 1. The molecule has 1 atom stereocenters. The third-order valence-electron chi connectivity index (χ3n) is 5.00. The molecule has 10 heteroatoms. The first-order valence-electron chi connectivity index (χ1n) is 10.1. The minimum absolute atomic E-state index is 0.00682. The fraction of sp³-hybridized carbons (Fsp3) is 0.174. The molecule has 4 rings (SSSR count). The molecule has 3 aromatic rings. The van der Waals surface area contributed by atoms with E-state index in [4.69, 9.17) is 15.2 Å². The summed E-state index contributed by atoms with van der Waals surface area (Å²) in [6, 6.07) is 18.4. The van der Waals surface area contributed by atoms with Crippen LogP contribution >= 0.6 is 0 Å². The van der Waals surface area contributed by atoms with Crippen molar-refractivity contribution in [3.05, 3.63) is 84.2 Å². The van der Waals surface area contributed by atoms with Crippen LogP contribution in [0.3, 0.4) is 0 Å². The van der Waals surface area contributed by atoms with Gasteiger partial charge in [0.1, 0.15) is 24.3 Å². The fourth-order valence-electron chi connectivity index (χ4n) is 3.37. The van der Waals surface area contributed by atoms with E-state index >= 15 is 0 Å². The number of ether oxygens (including phenoxy) is 2. The minimum atomic E-state index is -4.04. The van der Waals surface area contributed by atoms with Crippen LogP contribution in [0.2, 0.25) is 0 Å². The first kappa shape index (κ1) is 22.4. The second kappa shape index (κ2) is 9.37. The maximum absolute atomic E-state index is 13.3. The number of sulfonamides is 1. The van der Waals surface area contributed by atoms with Gasteiger partial charge in [-0.1, -0.05) is 30.3 Å². The number of hydrogen-bond acceptors (Lipinski definition) is 6. The van der Waals surface area contributed by atoms with Crippen LogP contribution in [0.4, 0.5) is 20.6 Å². The molecule has 33 heavy (non-hydrogen) atoms. The van der Waals surface area contributed by atoms with E-state index in [0.717, 1.165) is 22.0 Å². The molecule has 1 aliphatic heterocycles. The van der Waals surface area contributed by atoms with E-state index in [2.05, 4.69) is 5.32 Å². The maximum atomic E-state index is 13.3. The molecule has 0 fully saturated rings. The van der Waals surface area contributed by atoms with Gasteiger partial charge in [0.2, 0.25) is 0 Å². The van der Waals surface area contributed by atoms with E-state index in [-0.39, 0.29) is 30.3 Å². The van der Waals surface area contributed by atoms with Gasteiger partial charge in [0, 0.05) is 5.69 Å². The second-order valence-electron chi connectivity index (χ2n) is 7.40. The van der Waals surface area contributed by atoms with E-state index in [1.165, 1.54) is 18.2 Å². The molecular formula is C23H22FN3O5S. The zero-order valence-electron chi connectivity index (χ0n) is 17.5. The number of carbonyl (C=O) groups excluding carboxylic acids is 1. The Kier molecular flexibility index (Phi) is 6.36. The number of nitrogen functional groups attached to an aromatic ring is 1. The van der Waals surface area contributed by atoms with Crippen LogP contribution in [0.1, 0.15) is 5.56 Å². The normalized spacial score (nSPS) is 15.3. The molecule has 1 amide bonds. The van der Waals surface area contributed by atoms with E-state index < -0.39 is 28.0 Å². The summed E-state index contributed by atoms with van der Waals surface area (Å²) in [5.74, 6) is -0.248. The Morgan fingerprint density at radius 3 is 2.58 bits per heavy atom. The number of benzene rings is 3. The van der Waals surface area contributed by atoms with E-state index in [0.29, 0.717) is 11.4 Å². The van der Waals surface area contributed by atoms with E-state index in [1.54, 1.807) is 12.1 Å². The highest BCUT2D eigenvalue weighted by atomic mass is 32.2. The molecule has 0 aromatic heterocycles. The van der Waals surface area contributed by atoms with Crippen molar-refractivity contribution in [2.24, 2.45) is 0 Å². The second-order valence-corrected chi connectivity index (χ2v) is 9.26. The average molecular weight is 472 g/mol. The Morgan fingerprint density at radius 1 is 1.12 bits per heavy atom. The fourth-order valence-corrected chi connectivity index (χ4v) is 4.87. The topological polar surface area (TPSA) is 111 Å². The lowest BCUT2D eigenvalue weighted by Crippen LogP contribution is -2.48. The summed E-state index contributed by atoms with van der Waals surface area (Å²) in [7, 11) is -4.04. The van der Waals surface area contributed by atoms with Crippen molar-refractivity contribution in [2.45, 2.75) is 17.6 Å². The van der Waals surface area contributed by atoms with Gasteiger partial charge in [-0.2, -0.15) is 0 Å². The Morgan fingerprint density at radius 2 is 1.85 bits per heavy atom. The number of nitrogens with zero attached hydrogens (tertiary/aromatic N) is 1. The number of amides is 1. The van der Waals surface area contributed by atoms with Gasteiger partial charge in [0.15, 0.2) is 0 Å². The van der Waals surface area contributed by atoms with Crippen molar-refractivity contribution in [1.82, 2.24) is 5.32 Å². The van der Waals surface area contributed by atoms with Gasteiger partial charge in [-0.3, -0.25) is 4.31 Å². The molecular weight excluding hydrogens is 449 g/mol. The van der Waals surface area contributed by atoms with Gasteiger partial charge in [-0.15, -0.1) is 0 Å². The first-order valence-corrected chi connectivity index (χ1v) is 11.6. The van der Waals surface area contributed by atoms with Crippen LogP contribution < -0.4 is 20.1 Å². The van der Waals surface area contributed by atoms with Crippen molar-refractivity contribution in [1.29, 1.82) is 0 Å². The largest absolute Gasteiger partial charge is 0.484 e. The summed E-state index contributed by atoms with van der Waals surface area (Å²) < 4.78 is 52.2. The highest BCUT2D eigenvalue weighted by Crippen LogP contribution is 2.38. The molecule has 0 aliphatic carbocycles. The van der Waals surface area contributed by atoms with Crippen LogP contribution in [0, 0.1) is 5.82 Å². The van der Waals surface area contributed by atoms with Crippen molar-refractivity contribution < 1.29 is 27.1 Å². The molecule has 3 N–H and O–H groups in total. The molecule has 1 heterocycles. The highest BCUT2D eigenvalue weighted by molar-refractivity contribution is 7.92. The third-order valence-corrected chi connectivity index (χ3v) is 6.80. The van der Waals surface area contributed by atoms with Crippen molar-refractivity contribution in [3.63, 3.8) is 0 Å². The summed E-state index contributed by atoms with van der Waals surface area (Å²) in [5.41, 5.74) is 7.32. The number of rotatable bonds is 6. The Labute approximate surface area is 190 Å². The summed E-state index contributed by atoms with van der Waals surface area (Å²) in [5, 5.41) is 2.60. The summed E-state index contributed by atoms with van der Waals surface area (Å²) in [6.45, 7) is 0.0212. The minimum Gasteiger partial charge on any atom is -0.484 e. The standard InChI is InChI=1S/C23H22FN3O5S/c24-17-6-9-20(10-7-17)33(29,30)27-14-19(32-22-11-8-18(25)12-21(22)27)13-26-23(28)31-15-16-4-2-1-3-5-16/h1-12,19H,13-15,25H2,(H,26,28)/t19-/m0/s1. The molecule has 172 valence electrons. The highest BCUT2D eigenvalue weighted by Gasteiger charge is 2.35. The monoisotopic (exact) mass is 471 g/mol. The molecule has 0 radical (unpaired) electrons. The molecule has 1 aliphatic rings. The molecule has 3 aromatic carbocycles. The number of hydrogen-bond donors (Lipinski definition) is 2. The molecule has 0 unspecified atom stereocenters. The number of halogens is 1. The van der Waals surface area contributed by atoms with E-state index in [9.17, 15) is 17.6 Å². The average Bonchev–Trinajstić information content (AvgIpc) is 2.82. The van der Waals surface area contributed by atoms with E-state index in [1.807, 2.05) is 30.3 Å². The SMILES string of the molecule is Nc1ccc2c(c1)N(S(=O)(=O)c1ccc(F)cc1)C[C@H](CNC(=O)OCc1ccccc1)O2. The Balaban J connectivity index is 1.49. The lowest BCUT2D eigenvalue weighted by Gasteiger charge is -2.35. The Bertz CT molecular complexity index is 1240. The number of nitrogens with one attached hydrogen (secondary N) is 1. The molecule has 0 spiro atoms. The molecule has 0 bridgehead atoms. The van der Waals surface area contributed by atoms with Crippen LogP contribution in [-0.2, 0) is 21.4 Å². The zero-order valence-corrected chi connectivity index (χ0v) is 18.3. The van der Waals surface area contributed by atoms with Gasteiger partial charge >= 0.3 is 6.09 Å². The summed E-state index contributed by atoms with van der Waals surface area (Å²) in [4.78, 5) is 12.0. The van der Waals surface area contributed by atoms with Crippen LogP contribution in [0.25, 0.3) is 0 Å². The van der Waals surface area contributed by atoms with Gasteiger partial charge in [0.05, 0.1) is 23.7 Å². The number of nitrogens with two attached hydrogens (primary N) is 1. The number of alkyl carbamates (subject to hydrolysis) is 1. The lowest BCUT2D eigenvalue weighted by molar-refractivity contribution is 0.130. The maximum Gasteiger partial charge on any atom is 0.407 e. The van der Waals surface area contributed by atoms with Gasteiger partial charge < -0.3 is 20.5 Å². The lowest BCUT2D eigenvalue weighted by atomic mass is 10.2. The van der Waals surface area contributed by atoms with Crippen molar-refractivity contribution >= 4 is 27.5 Å². The van der Waals surface area contributed by atoms with Gasteiger partial charge in [-0.25, -0.2) is 17.6 Å². The predicted octanol–water partition coefficient (Wildman–Crippen LogP) is 3.29. The molecule has 0 saturated carbocycles. The smallest absolute Gasteiger partial charge is 0.407 e. The third kappa shape index (κ3) is 5.17. The molecule has 0 saturated heterocycles. The van der Waals surface area contributed by atoms with Crippen LogP contribution in [0.15, 0.2) is 77.7 Å². The first-order chi connectivity index (χ1) is 15.8. The number of carbonyl (C=O) groups is 1. The Hall–Kier alpha value is -3.79. The predicted molar refractivity (Wildman–Crippen MR) is 121 cm³/mol. The van der Waals surface area contributed by atoms with Crippen LogP contribution in [0.5, 0.6) is 5.75 Å². The van der Waals surface area contributed by atoms with Crippen molar-refractivity contribution in [3.8, 4) is 5.75 Å². The van der Waals surface area contributed by atoms with Crippen LogP contribution in [-0.4, -0.2) is 33.7 Å². The zero-order chi connectivity index (χ0) is 23.4. The molecule has 8 nitrogen and oxygen atoms in total. The van der Waals surface area contributed by atoms with Gasteiger partial charge in [-0.05, 0) is 48.0 Å². The van der Waals surface area contributed by atoms with Crippen molar-refractivity contribution in [2.75, 3.05) is 23.1 Å².